The number of hydrogen-bond acceptors (Lipinski definition) is 4. The maximum atomic E-state index is 12.0. The molecule has 2 rings (SSSR count). The van der Waals surface area contributed by atoms with Gasteiger partial charge in [-0.2, -0.15) is 0 Å². The highest BCUT2D eigenvalue weighted by Gasteiger charge is 2.23. The van der Waals surface area contributed by atoms with E-state index < -0.39 is 5.97 Å². The molecule has 1 aliphatic heterocycles. The van der Waals surface area contributed by atoms with Crippen molar-refractivity contribution in [1.29, 1.82) is 0 Å². The quantitative estimate of drug-likeness (QED) is 0.633. The molecule has 1 aromatic carbocycles. The minimum Gasteiger partial charge on any atom is -0.469 e. The molecule has 5 nitrogen and oxygen atoms in total. The Hall–Kier alpha value is -2.04. The molecule has 0 aliphatic carbocycles. The second-order valence-corrected chi connectivity index (χ2v) is 6.92. The predicted octanol–water partition coefficient (Wildman–Crippen LogP) is 2.20. The maximum absolute atomic E-state index is 12.0. The molecule has 1 aliphatic rings. The van der Waals surface area contributed by atoms with E-state index in [1.807, 2.05) is 0 Å². The van der Waals surface area contributed by atoms with Gasteiger partial charge in [-0.15, -0.1) is 0 Å². The number of ether oxygens (including phenoxy) is 1. The molecule has 23 heavy (non-hydrogen) atoms. The number of carbonyl (C=O) groups is 2. The van der Waals surface area contributed by atoms with Crippen LogP contribution in [0.15, 0.2) is 24.3 Å². The first kappa shape index (κ1) is 17.3. The number of esters is 1. The maximum Gasteiger partial charge on any atom is 0.315 e. The molecule has 1 heterocycles. The van der Waals surface area contributed by atoms with E-state index in [0.717, 1.165) is 13.1 Å². The normalized spacial score (nSPS) is 15.5. The average molecular weight is 318 g/mol. The number of benzene rings is 1. The first-order chi connectivity index (χ1) is 10.8. The fourth-order valence-corrected chi connectivity index (χ4v) is 2.69. The minimum absolute atomic E-state index is 0.150. The summed E-state index contributed by atoms with van der Waals surface area (Å²) in [5, 5.41) is 0. The Bertz CT molecular complexity index is 553. The van der Waals surface area contributed by atoms with Crippen molar-refractivity contribution in [2.75, 3.05) is 38.2 Å². The summed E-state index contributed by atoms with van der Waals surface area (Å²) < 4.78 is 4.54. The highest BCUT2D eigenvalue weighted by atomic mass is 16.5. The average Bonchev–Trinajstić information content (AvgIpc) is 2.54. The van der Waals surface area contributed by atoms with Gasteiger partial charge in [-0.05, 0) is 23.1 Å². The van der Waals surface area contributed by atoms with Crippen molar-refractivity contribution >= 4 is 17.6 Å². The Morgan fingerprint density at radius 1 is 1.04 bits per heavy atom. The van der Waals surface area contributed by atoms with Gasteiger partial charge in [0.1, 0.15) is 6.42 Å². The van der Waals surface area contributed by atoms with Gasteiger partial charge in [0, 0.05) is 31.9 Å². The molecule has 0 N–H and O–H groups in total. The van der Waals surface area contributed by atoms with E-state index in [-0.39, 0.29) is 17.7 Å². The standard InChI is InChI=1S/C18H26N2O3/c1-18(2,3)14-5-7-15(8-6-14)19-9-11-20(12-10-19)16(21)13-17(22)23-4/h5-8H,9-13H2,1-4H3. The van der Waals surface area contributed by atoms with Crippen LogP contribution in [-0.4, -0.2) is 50.1 Å². The van der Waals surface area contributed by atoms with Crippen LogP contribution in [0.25, 0.3) is 0 Å². The van der Waals surface area contributed by atoms with Crippen LogP contribution in [-0.2, 0) is 19.7 Å². The second-order valence-electron chi connectivity index (χ2n) is 6.92. The van der Waals surface area contributed by atoms with Crippen LogP contribution >= 0.6 is 0 Å². The Labute approximate surface area is 138 Å². The topological polar surface area (TPSA) is 49.9 Å². The molecule has 1 saturated heterocycles. The Balaban J connectivity index is 1.91. The minimum atomic E-state index is -0.477. The van der Waals surface area contributed by atoms with E-state index in [2.05, 4.69) is 54.7 Å². The van der Waals surface area contributed by atoms with Gasteiger partial charge in [-0.1, -0.05) is 32.9 Å². The largest absolute Gasteiger partial charge is 0.469 e. The molecular formula is C18H26N2O3. The zero-order chi connectivity index (χ0) is 17.0. The summed E-state index contributed by atoms with van der Waals surface area (Å²) in [7, 11) is 1.30. The molecule has 1 aromatic rings. The lowest BCUT2D eigenvalue weighted by Gasteiger charge is -2.36. The lowest BCUT2D eigenvalue weighted by atomic mass is 9.87. The smallest absolute Gasteiger partial charge is 0.315 e. The summed E-state index contributed by atoms with van der Waals surface area (Å²) in [5.41, 5.74) is 2.64. The van der Waals surface area contributed by atoms with Crippen LogP contribution < -0.4 is 4.90 Å². The highest BCUT2D eigenvalue weighted by molar-refractivity contribution is 5.94. The van der Waals surface area contributed by atoms with Crippen LogP contribution in [0.5, 0.6) is 0 Å². The third kappa shape index (κ3) is 4.47. The first-order valence-electron chi connectivity index (χ1n) is 8.01. The van der Waals surface area contributed by atoms with Gasteiger partial charge in [0.05, 0.1) is 7.11 Å². The third-order valence-corrected chi connectivity index (χ3v) is 4.25. The molecule has 0 unspecified atom stereocenters. The van der Waals surface area contributed by atoms with Gasteiger partial charge in [0.15, 0.2) is 0 Å². The number of carbonyl (C=O) groups excluding carboxylic acids is 2. The molecule has 0 bridgehead atoms. The molecular weight excluding hydrogens is 292 g/mol. The molecule has 126 valence electrons. The zero-order valence-electron chi connectivity index (χ0n) is 14.5. The van der Waals surface area contributed by atoms with Crippen LogP contribution in [0.1, 0.15) is 32.8 Å². The van der Waals surface area contributed by atoms with Crippen molar-refractivity contribution in [3.63, 3.8) is 0 Å². The fraction of sp³-hybridized carbons (Fsp3) is 0.556. The van der Waals surface area contributed by atoms with Crippen LogP contribution in [0.4, 0.5) is 5.69 Å². The molecule has 1 amide bonds. The summed E-state index contributed by atoms with van der Waals surface area (Å²) >= 11 is 0. The molecule has 0 spiro atoms. The monoisotopic (exact) mass is 318 g/mol. The van der Waals surface area contributed by atoms with Gasteiger partial charge < -0.3 is 14.5 Å². The fourth-order valence-electron chi connectivity index (χ4n) is 2.69. The number of nitrogens with zero attached hydrogens (tertiary/aromatic N) is 2. The zero-order valence-corrected chi connectivity index (χ0v) is 14.5. The van der Waals surface area contributed by atoms with Crippen molar-refractivity contribution in [1.82, 2.24) is 4.90 Å². The van der Waals surface area contributed by atoms with Gasteiger partial charge in [0.25, 0.3) is 0 Å². The van der Waals surface area contributed by atoms with E-state index in [0.29, 0.717) is 13.1 Å². The molecule has 5 heteroatoms. The summed E-state index contributed by atoms with van der Waals surface area (Å²) in [6, 6.07) is 8.63. The number of piperazine rings is 1. The lowest BCUT2D eigenvalue weighted by molar-refractivity contribution is -0.146. The van der Waals surface area contributed by atoms with Crippen molar-refractivity contribution < 1.29 is 14.3 Å². The molecule has 1 fully saturated rings. The predicted molar refractivity (Wildman–Crippen MR) is 90.6 cm³/mol. The first-order valence-corrected chi connectivity index (χ1v) is 8.01. The van der Waals surface area contributed by atoms with E-state index in [1.54, 1.807) is 4.90 Å². The number of methoxy groups -OCH3 is 1. The SMILES string of the molecule is COC(=O)CC(=O)N1CCN(c2ccc(C(C)(C)C)cc2)CC1. The second kappa shape index (κ2) is 7.02. The Morgan fingerprint density at radius 3 is 2.09 bits per heavy atom. The molecule has 0 saturated carbocycles. The van der Waals surface area contributed by atoms with Gasteiger partial charge in [0.2, 0.25) is 5.91 Å². The van der Waals surface area contributed by atoms with Crippen molar-refractivity contribution in [2.24, 2.45) is 0 Å². The van der Waals surface area contributed by atoms with Crippen LogP contribution in [0.3, 0.4) is 0 Å². The van der Waals surface area contributed by atoms with E-state index in [9.17, 15) is 9.59 Å². The molecule has 0 aromatic heterocycles. The number of hydrogen-bond donors (Lipinski definition) is 0. The van der Waals surface area contributed by atoms with Gasteiger partial charge in [-0.3, -0.25) is 9.59 Å². The van der Waals surface area contributed by atoms with E-state index in [4.69, 9.17) is 0 Å². The van der Waals surface area contributed by atoms with Gasteiger partial charge >= 0.3 is 5.97 Å². The van der Waals surface area contributed by atoms with E-state index >= 15 is 0 Å². The number of anilines is 1. The van der Waals surface area contributed by atoms with Crippen LogP contribution in [0.2, 0.25) is 0 Å². The number of amides is 1. The van der Waals surface area contributed by atoms with Crippen molar-refractivity contribution in [2.45, 2.75) is 32.6 Å². The molecule has 0 atom stereocenters. The van der Waals surface area contributed by atoms with Crippen molar-refractivity contribution in [3.8, 4) is 0 Å². The summed E-state index contributed by atoms with van der Waals surface area (Å²) in [4.78, 5) is 27.2. The molecule has 0 radical (unpaired) electrons. The lowest BCUT2D eigenvalue weighted by Crippen LogP contribution is -2.49. The summed E-state index contributed by atoms with van der Waals surface area (Å²) in [6.45, 7) is 9.44. The summed E-state index contributed by atoms with van der Waals surface area (Å²) in [5.74, 6) is -0.630. The van der Waals surface area contributed by atoms with Gasteiger partial charge in [-0.25, -0.2) is 0 Å². The highest BCUT2D eigenvalue weighted by Crippen LogP contribution is 2.25. The number of rotatable bonds is 3. The van der Waals surface area contributed by atoms with E-state index in [1.165, 1.54) is 18.4 Å². The Kier molecular flexibility index (Phi) is 5.29. The Morgan fingerprint density at radius 2 is 1.61 bits per heavy atom. The van der Waals surface area contributed by atoms with Crippen molar-refractivity contribution in [3.05, 3.63) is 29.8 Å². The summed E-state index contributed by atoms with van der Waals surface area (Å²) in [6.07, 6.45) is -0.170. The van der Waals surface area contributed by atoms with Crippen LogP contribution in [0, 0.1) is 0 Å². The third-order valence-electron chi connectivity index (χ3n) is 4.25.